The van der Waals surface area contributed by atoms with E-state index >= 15 is 0 Å². The molecule has 0 atom stereocenters. The molecule has 0 amide bonds. The van der Waals surface area contributed by atoms with Gasteiger partial charge in [-0.15, -0.1) is 0 Å². The molecule has 0 heterocycles. The summed E-state index contributed by atoms with van der Waals surface area (Å²) in [7, 11) is -4.14. The van der Waals surface area contributed by atoms with Crippen molar-refractivity contribution in [2.24, 2.45) is 0 Å². The van der Waals surface area contributed by atoms with E-state index in [4.69, 9.17) is 4.74 Å². The van der Waals surface area contributed by atoms with Crippen LogP contribution in [0.2, 0.25) is 0 Å². The summed E-state index contributed by atoms with van der Waals surface area (Å²) in [6.07, 6.45) is 0.652. The van der Waals surface area contributed by atoms with Gasteiger partial charge in [0.15, 0.2) is 0 Å². The molecule has 2 aromatic rings. The number of hydrogen-bond acceptors (Lipinski definition) is 5. The van der Waals surface area contributed by atoms with Crippen LogP contribution in [0.25, 0.3) is 0 Å². The van der Waals surface area contributed by atoms with Gasteiger partial charge in [-0.05, 0) is 70.7 Å². The fourth-order valence-corrected chi connectivity index (χ4v) is 6.69. The van der Waals surface area contributed by atoms with Crippen LogP contribution >= 0.6 is 7.14 Å². The maximum atomic E-state index is 14.2. The van der Waals surface area contributed by atoms with Crippen molar-refractivity contribution >= 4 is 24.2 Å². The Hall–Kier alpha value is -2.52. The lowest BCUT2D eigenvalue weighted by Gasteiger charge is -2.21. The van der Waals surface area contributed by atoms with Crippen LogP contribution in [0.3, 0.4) is 0 Å². The Balaban J connectivity index is 0.00000227. The summed E-state index contributed by atoms with van der Waals surface area (Å²) in [6.45, 7) is 21.0. The van der Waals surface area contributed by atoms with Crippen LogP contribution in [0, 0.1) is 41.5 Å². The van der Waals surface area contributed by atoms with E-state index in [9.17, 15) is 18.9 Å². The first-order valence-electron chi connectivity index (χ1n) is 12.8. The third-order valence-electron chi connectivity index (χ3n) is 5.37. The summed E-state index contributed by atoms with van der Waals surface area (Å²) >= 11 is 0. The van der Waals surface area contributed by atoms with Crippen LogP contribution in [-0.4, -0.2) is 29.8 Å². The zero-order valence-electron chi connectivity index (χ0n) is 24.1. The Bertz CT molecular complexity index is 995. The zero-order chi connectivity index (χ0) is 28.2. The summed E-state index contributed by atoms with van der Waals surface area (Å²) in [6, 6.07) is 7.34. The van der Waals surface area contributed by atoms with E-state index in [2.05, 4.69) is 13.8 Å². The number of rotatable bonds is 8. The molecule has 0 aliphatic carbocycles. The second-order valence-electron chi connectivity index (χ2n) is 8.88. The van der Waals surface area contributed by atoms with Crippen molar-refractivity contribution in [3.63, 3.8) is 0 Å². The molecule has 6 heteroatoms. The van der Waals surface area contributed by atoms with Gasteiger partial charge < -0.3 is 9.30 Å². The number of carbonyl (C=O) groups is 3. The van der Waals surface area contributed by atoms with Gasteiger partial charge in [-0.3, -0.25) is 14.4 Å². The second kappa shape index (κ2) is 15.6. The third-order valence-corrected chi connectivity index (χ3v) is 7.99. The van der Waals surface area contributed by atoms with Crippen LogP contribution in [-0.2, 0) is 14.1 Å². The highest BCUT2D eigenvalue weighted by Gasteiger charge is 2.43. The summed E-state index contributed by atoms with van der Waals surface area (Å²) in [5.74, 6) is -0.571. The van der Waals surface area contributed by atoms with E-state index in [1.807, 2.05) is 52.0 Å². The van der Waals surface area contributed by atoms with E-state index in [0.717, 1.165) is 11.1 Å². The number of hydrogen-bond donors (Lipinski definition) is 0. The minimum atomic E-state index is -4.14. The first kappa shape index (κ1) is 33.5. The molecule has 0 unspecified atom stereocenters. The molecule has 36 heavy (non-hydrogen) atoms. The van der Waals surface area contributed by atoms with Gasteiger partial charge in [-0.1, -0.05) is 69.5 Å². The van der Waals surface area contributed by atoms with Crippen LogP contribution in [0.1, 0.15) is 102 Å². The smallest absolute Gasteiger partial charge is 0.306 e. The normalized spacial score (nSPS) is 10.4. The van der Waals surface area contributed by atoms with Gasteiger partial charge in [0.25, 0.3) is 0 Å². The Morgan fingerprint density at radius 3 is 1.28 bits per heavy atom. The van der Waals surface area contributed by atoms with Crippen LogP contribution in [0.5, 0.6) is 0 Å². The highest BCUT2D eigenvalue weighted by molar-refractivity contribution is 7.95. The van der Waals surface area contributed by atoms with Crippen molar-refractivity contribution in [3.05, 3.63) is 68.8 Å². The maximum Gasteiger partial charge on any atom is 0.306 e. The summed E-state index contributed by atoms with van der Waals surface area (Å²) < 4.78 is 19.1. The predicted octanol–water partition coefficient (Wildman–Crippen LogP) is 8.28. The standard InChI is InChI=1S/C25H31O5P.C3H8.C2H6/c1-8-30-21(26)9-10-31(29,24(27)22-17(4)11-15(2)12-18(22)5)25(28)23-19(6)13-16(3)14-20(23)7;1-3-2;1-2/h11-14H,8-10H2,1-7H3;3H2,1-2H3;1-2H3. The average molecular weight is 517 g/mol. The molecule has 0 fully saturated rings. The number of benzene rings is 2. The summed E-state index contributed by atoms with van der Waals surface area (Å²) in [4.78, 5) is 39.3. The Kier molecular flexibility index (Phi) is 14.5. The fourth-order valence-electron chi connectivity index (χ4n) is 4.17. The maximum absolute atomic E-state index is 14.2. The molecule has 0 saturated carbocycles. The molecule has 0 spiro atoms. The molecule has 0 aliphatic heterocycles. The van der Waals surface area contributed by atoms with Crippen LogP contribution < -0.4 is 0 Å². The minimum absolute atomic E-state index is 0.178. The molecule has 2 rings (SSSR count). The highest BCUT2D eigenvalue weighted by Crippen LogP contribution is 2.54. The van der Waals surface area contributed by atoms with Crippen molar-refractivity contribution in [3.8, 4) is 0 Å². The van der Waals surface area contributed by atoms with Gasteiger partial charge in [-0.25, -0.2) is 0 Å². The molecule has 0 bridgehead atoms. The first-order chi connectivity index (χ1) is 16.8. The average Bonchev–Trinajstić information content (AvgIpc) is 2.78. The Morgan fingerprint density at radius 2 is 1.00 bits per heavy atom. The van der Waals surface area contributed by atoms with Gasteiger partial charge in [-0.2, -0.15) is 0 Å². The monoisotopic (exact) mass is 516 g/mol. The fraction of sp³-hybridized carbons (Fsp3) is 0.500. The van der Waals surface area contributed by atoms with Crippen molar-refractivity contribution in [2.45, 2.75) is 89.0 Å². The van der Waals surface area contributed by atoms with Crippen molar-refractivity contribution in [1.29, 1.82) is 0 Å². The van der Waals surface area contributed by atoms with Crippen molar-refractivity contribution < 1.29 is 23.7 Å². The highest BCUT2D eigenvalue weighted by atomic mass is 31.2. The SMILES string of the molecule is CC.CCC.CCOC(=O)CCP(=O)(C(=O)c1c(C)cc(C)cc1C)C(=O)c1c(C)cc(C)cc1C. The Labute approximate surface area is 218 Å². The van der Waals surface area contributed by atoms with Crippen molar-refractivity contribution in [1.82, 2.24) is 0 Å². The Morgan fingerprint density at radius 1 is 0.694 bits per heavy atom. The van der Waals surface area contributed by atoms with Gasteiger partial charge in [0, 0.05) is 17.3 Å². The molecule has 0 aliphatic rings. The van der Waals surface area contributed by atoms with E-state index < -0.39 is 24.2 Å². The second-order valence-corrected chi connectivity index (χ2v) is 11.6. The van der Waals surface area contributed by atoms with Gasteiger partial charge >= 0.3 is 5.97 Å². The lowest BCUT2D eigenvalue weighted by atomic mass is 10.0. The van der Waals surface area contributed by atoms with Gasteiger partial charge in [0.05, 0.1) is 13.0 Å². The number of ether oxygens (including phenoxy) is 1. The van der Waals surface area contributed by atoms with Crippen molar-refractivity contribution in [2.75, 3.05) is 12.8 Å². The van der Waals surface area contributed by atoms with E-state index in [1.165, 1.54) is 6.42 Å². The van der Waals surface area contributed by atoms with E-state index in [-0.39, 0.29) is 19.2 Å². The molecule has 5 nitrogen and oxygen atoms in total. The first-order valence-corrected chi connectivity index (χ1v) is 14.7. The number of carbonyl (C=O) groups excluding carboxylic acids is 3. The van der Waals surface area contributed by atoms with Gasteiger partial charge in [0.2, 0.25) is 18.2 Å². The molecule has 0 N–H and O–H groups in total. The topological polar surface area (TPSA) is 77.5 Å². The lowest BCUT2D eigenvalue weighted by Crippen LogP contribution is -2.19. The summed E-state index contributed by atoms with van der Waals surface area (Å²) in [5, 5.41) is 0. The molecule has 0 radical (unpaired) electrons. The third kappa shape index (κ3) is 8.55. The predicted molar refractivity (Wildman–Crippen MR) is 151 cm³/mol. The lowest BCUT2D eigenvalue weighted by molar-refractivity contribution is -0.142. The van der Waals surface area contributed by atoms with Crippen LogP contribution in [0.15, 0.2) is 24.3 Å². The quantitative estimate of drug-likeness (QED) is 0.261. The molecular weight excluding hydrogens is 471 g/mol. The number of aryl methyl sites for hydroxylation is 6. The molecule has 2 aromatic carbocycles. The van der Waals surface area contributed by atoms with E-state index in [0.29, 0.717) is 33.4 Å². The molecule has 0 aromatic heterocycles. The number of esters is 1. The van der Waals surface area contributed by atoms with E-state index in [1.54, 1.807) is 34.6 Å². The minimum Gasteiger partial charge on any atom is -0.466 e. The van der Waals surface area contributed by atoms with Gasteiger partial charge in [0.1, 0.15) is 0 Å². The zero-order valence-corrected chi connectivity index (χ0v) is 25.0. The summed E-state index contributed by atoms with van der Waals surface area (Å²) in [5.41, 5.74) is 3.87. The molecule has 200 valence electrons. The largest absolute Gasteiger partial charge is 0.466 e. The molecular formula is C30H45O5P. The molecule has 0 saturated heterocycles. The van der Waals surface area contributed by atoms with Crippen LogP contribution in [0.4, 0.5) is 0 Å².